The van der Waals surface area contributed by atoms with E-state index in [1.807, 2.05) is 19.1 Å². The fraction of sp³-hybridized carbons (Fsp3) is 0.400. The normalized spacial score (nSPS) is 13.0. The van der Waals surface area contributed by atoms with Crippen LogP contribution in [0.4, 0.5) is 20.2 Å². The number of carboxylic acids is 4. The monoisotopic (exact) mass is 1600 g/mol. The van der Waals surface area contributed by atoms with Crippen molar-refractivity contribution in [3.8, 4) is 56.9 Å². The number of phenols is 1. The molecule has 3 aliphatic rings. The molecule has 35 heteroatoms. The number of ketones is 1. The Morgan fingerprint density at radius 1 is 0.670 bits per heavy atom. The van der Waals surface area contributed by atoms with Crippen molar-refractivity contribution in [3.63, 3.8) is 0 Å². The molecule has 1 saturated heterocycles. The Morgan fingerprint density at radius 3 is 2.02 bits per heavy atom. The molecule has 0 radical (unpaired) electrons. The first kappa shape index (κ1) is 86.5. The van der Waals surface area contributed by atoms with Gasteiger partial charge < -0.3 is 97.9 Å². The number of anilines is 2. The van der Waals surface area contributed by atoms with Gasteiger partial charge in [0, 0.05) is 47.2 Å². The average Bonchev–Trinajstić information content (AvgIpc) is 0.824. The minimum absolute atomic E-state index is 0.0134. The summed E-state index contributed by atoms with van der Waals surface area (Å²) in [6.45, 7) is 2.82. The van der Waals surface area contributed by atoms with E-state index in [1.54, 1.807) is 57.5 Å². The highest BCUT2D eigenvalue weighted by Gasteiger charge is 2.41. The number of hydrogen-bond acceptors (Lipinski definition) is 25. The average molecular weight is 1600 g/mol. The minimum Gasteiger partial charge on any atom is -0.505 e. The number of aromatic nitrogens is 3. The van der Waals surface area contributed by atoms with Crippen LogP contribution in [0.25, 0.3) is 33.4 Å². The van der Waals surface area contributed by atoms with E-state index >= 15 is 4.39 Å². The molecule has 3 heterocycles. The van der Waals surface area contributed by atoms with E-state index in [4.69, 9.17) is 47.0 Å². The summed E-state index contributed by atoms with van der Waals surface area (Å²) in [5, 5.41) is 63.1. The van der Waals surface area contributed by atoms with Gasteiger partial charge in [-0.1, -0.05) is 56.3 Å². The number of nitrogens with one attached hydrogen (secondary N) is 2. The lowest BCUT2D eigenvalue weighted by molar-refractivity contribution is -0.164. The number of nitrogens with zero attached hydrogens (tertiary/aromatic N) is 6. The molecule has 0 unspecified atom stereocenters. The predicted molar refractivity (Wildman–Crippen MR) is 407 cm³/mol. The predicted octanol–water partition coefficient (Wildman–Crippen LogP) is 7.27. The van der Waals surface area contributed by atoms with Crippen LogP contribution in [0.2, 0.25) is 0 Å². The molecule has 614 valence electrons. The first-order valence-electron chi connectivity index (χ1n) is 36.8. The second-order valence-electron chi connectivity index (χ2n) is 27.2. The van der Waals surface area contributed by atoms with Gasteiger partial charge in [0.05, 0.1) is 90.9 Å². The molecule has 1 aromatic heterocycles. The molecular weight excluding hydrogens is 1510 g/mol. The third kappa shape index (κ3) is 24.5. The number of benzene rings is 6. The molecule has 33 nitrogen and oxygen atoms in total. The van der Waals surface area contributed by atoms with Crippen LogP contribution in [0.15, 0.2) is 119 Å². The molecule has 3 amide bonds. The molecule has 2 aliphatic heterocycles. The number of piperidine rings is 1. The Balaban J connectivity index is 0.703. The second-order valence-corrected chi connectivity index (χ2v) is 27.2. The molecule has 1 aliphatic carbocycles. The van der Waals surface area contributed by atoms with E-state index in [2.05, 4.69) is 20.9 Å². The third-order valence-electron chi connectivity index (χ3n) is 18.6. The minimum atomic E-state index is -1.43. The summed E-state index contributed by atoms with van der Waals surface area (Å²) in [4.78, 5) is 131. The van der Waals surface area contributed by atoms with Crippen molar-refractivity contribution in [2.75, 3.05) is 123 Å². The molecule has 115 heavy (non-hydrogen) atoms. The summed E-state index contributed by atoms with van der Waals surface area (Å²) >= 11 is 0. The number of aliphatic carboxylic acids is 4. The number of likely N-dealkylation sites (tertiary alicyclic amines) is 1. The Labute approximate surface area is 657 Å². The van der Waals surface area contributed by atoms with Gasteiger partial charge in [-0.05, 0) is 121 Å². The molecule has 6 aromatic rings. The maximum Gasteiger partial charge on any atom is 0.329 e. The molecule has 7 N–H and O–H groups in total. The van der Waals surface area contributed by atoms with Crippen LogP contribution in [0.5, 0.6) is 34.5 Å². The van der Waals surface area contributed by atoms with E-state index < -0.39 is 133 Å². The van der Waals surface area contributed by atoms with Crippen molar-refractivity contribution < 1.29 is 125 Å². The van der Waals surface area contributed by atoms with E-state index in [9.17, 15) is 77.9 Å². The second kappa shape index (κ2) is 41.3. The number of halogens is 2. The Bertz CT molecular complexity index is 4790. The lowest BCUT2D eigenvalue weighted by Gasteiger charge is -2.36. The van der Waals surface area contributed by atoms with Crippen LogP contribution in [-0.2, 0) is 88.0 Å². The lowest BCUT2D eigenvalue weighted by Crippen LogP contribution is -2.53. The number of methoxy groups -OCH3 is 2. The van der Waals surface area contributed by atoms with Crippen LogP contribution in [0.3, 0.4) is 0 Å². The van der Waals surface area contributed by atoms with Crippen LogP contribution < -0.4 is 49.5 Å². The van der Waals surface area contributed by atoms with Crippen molar-refractivity contribution in [1.29, 1.82) is 0 Å². The summed E-state index contributed by atoms with van der Waals surface area (Å²) in [6.07, 6.45) is 3.39. The van der Waals surface area contributed by atoms with Crippen molar-refractivity contribution >= 4 is 75.7 Å². The van der Waals surface area contributed by atoms with Gasteiger partial charge in [-0.2, -0.15) is 0 Å². The van der Waals surface area contributed by atoms with Gasteiger partial charge in [-0.3, -0.25) is 43.2 Å². The quantitative estimate of drug-likeness (QED) is 0.00853. The number of carbonyl (C=O) groups excluding carboxylic acids is 5. The number of aromatic hydroxyl groups is 1. The van der Waals surface area contributed by atoms with Crippen molar-refractivity contribution in [2.24, 2.45) is 5.41 Å². The Kier molecular flexibility index (Phi) is 31.1. The van der Waals surface area contributed by atoms with Gasteiger partial charge in [0.1, 0.15) is 85.8 Å². The zero-order valence-corrected chi connectivity index (χ0v) is 63.9. The Hall–Kier alpha value is -12.5. The Morgan fingerprint density at radius 2 is 1.33 bits per heavy atom. The number of amides is 3. The van der Waals surface area contributed by atoms with Crippen molar-refractivity contribution in [3.05, 3.63) is 154 Å². The number of rotatable bonds is 46. The SMILES string of the molecule is CCC(C)(C)C(=O)C(=O)N1CCCC[C@H]1C(=O)O[C@H](CCc1ccc(OC)c(OC)c1)c1cccc(OCC(=O)NCCOCCOCCOCCn2cc(CNC(=O)Cc3ccc(OCCOc4cc(-c5c6cc(F)c(=O)cc-6oc6cc(O)c(F)cc56)ccc4N(CC(=O)O)CC(=O)O)c(N(CC(=O)O)CC(=O)O)c3)nn2)c1. The molecule has 1 fully saturated rings. The van der Waals surface area contributed by atoms with Crippen LogP contribution in [0, 0.1) is 17.0 Å². The summed E-state index contributed by atoms with van der Waals surface area (Å²) in [6, 6.07) is 23.2. The lowest BCUT2D eigenvalue weighted by atomic mass is 9.84. The molecular formula is C80H90F2N8O25. The number of ether oxygens (including phenoxy) is 9. The summed E-state index contributed by atoms with van der Waals surface area (Å²) in [5.41, 5.74) is 0.126. The fourth-order valence-electron chi connectivity index (χ4n) is 12.5. The van der Waals surface area contributed by atoms with Gasteiger partial charge in [0.25, 0.3) is 11.8 Å². The third-order valence-corrected chi connectivity index (χ3v) is 18.6. The first-order valence-corrected chi connectivity index (χ1v) is 36.8. The molecule has 0 spiro atoms. The van der Waals surface area contributed by atoms with Gasteiger partial charge in [0.15, 0.2) is 35.5 Å². The molecule has 5 aromatic carbocycles. The first-order chi connectivity index (χ1) is 55.1. The van der Waals surface area contributed by atoms with E-state index in [0.29, 0.717) is 79.1 Å². The van der Waals surface area contributed by atoms with Crippen molar-refractivity contribution in [1.82, 2.24) is 30.5 Å². The topological polar surface area (TPSA) is 433 Å². The molecule has 9 rings (SSSR count). The number of Topliss-reactive ketones (excluding diaryl/α,β-unsaturated/α-hetero) is 1. The van der Waals surface area contributed by atoms with Gasteiger partial charge in [0.2, 0.25) is 17.1 Å². The number of fused-ring (bicyclic) bond motifs is 2. The zero-order valence-electron chi connectivity index (χ0n) is 63.9. The number of phenolic OH excluding ortho intramolecular Hbond substituents is 1. The molecule has 2 atom stereocenters. The van der Waals surface area contributed by atoms with Crippen LogP contribution in [-0.4, -0.2) is 218 Å². The van der Waals surface area contributed by atoms with Crippen molar-refractivity contribution in [2.45, 2.75) is 91.0 Å². The highest BCUT2D eigenvalue weighted by molar-refractivity contribution is 6.38. The standard InChI is InChI=1S/C80H90F2N8O25/c1-6-80(2,3)77(103)78(104)90-22-8-7-12-59(90)79(105)115-63(18-13-48-14-20-65(106-4)69(33-48)107-5)50-10-9-11-53(35-50)113-47-71(94)83-21-24-108-26-28-110-29-27-109-25-23-89-42-52(85-86-89)41-84-70(93)34-49-15-19-64(60(32-49)88(45-74(99)100)46-75(101)102)111-30-31-112-68-36-51(16-17-58(68)87(43-72(95)96)44-73(97)98)76-54-37-56(81)61(91)39-66(54)114-67-40-62(92)57(82)38-55(67)76/h9-11,14-17,19-20,32-33,35-40,42,59,63,91H,6-8,12-13,18,21-31,34,41,43-47H2,1-5H3,(H,83,94)(H,84,93)(H,95,96)(H,97,98)(H,99,100)(H,101,102)/t59-,63+/m0/s1. The zero-order chi connectivity index (χ0) is 82.9. The van der Waals surface area contributed by atoms with Gasteiger partial charge >= 0.3 is 29.8 Å². The van der Waals surface area contributed by atoms with Crippen LogP contribution >= 0.6 is 0 Å². The number of carboxylic acid groups (broad SMARTS) is 4. The fourth-order valence-corrected chi connectivity index (χ4v) is 12.5. The number of esters is 1. The number of aryl methyl sites for hydroxylation is 1. The van der Waals surface area contributed by atoms with E-state index in [1.165, 1.54) is 53.1 Å². The van der Waals surface area contributed by atoms with E-state index in [0.717, 1.165) is 39.6 Å². The van der Waals surface area contributed by atoms with Gasteiger partial charge in [-0.25, -0.2) is 18.3 Å². The largest absolute Gasteiger partial charge is 0.505 e. The van der Waals surface area contributed by atoms with Crippen LogP contribution in [0.1, 0.15) is 81.4 Å². The highest BCUT2D eigenvalue weighted by atomic mass is 19.1. The maximum atomic E-state index is 15.0. The summed E-state index contributed by atoms with van der Waals surface area (Å²) < 4.78 is 89.4. The highest BCUT2D eigenvalue weighted by Crippen LogP contribution is 2.45. The number of hydrogen-bond donors (Lipinski definition) is 7. The molecule has 0 saturated carbocycles. The van der Waals surface area contributed by atoms with Gasteiger partial charge in [-0.15, -0.1) is 5.10 Å². The van der Waals surface area contributed by atoms with E-state index in [-0.39, 0.29) is 129 Å². The molecule has 0 bridgehead atoms. The summed E-state index contributed by atoms with van der Waals surface area (Å²) in [7, 11) is 3.08. The number of carbonyl (C=O) groups is 9. The maximum absolute atomic E-state index is 15.0. The summed E-state index contributed by atoms with van der Waals surface area (Å²) in [5.74, 6) is -10.6. The smallest absolute Gasteiger partial charge is 0.329 e.